The summed E-state index contributed by atoms with van der Waals surface area (Å²) in [7, 11) is -2.48. The highest BCUT2D eigenvalue weighted by Crippen LogP contribution is 2.31. The Kier molecular flexibility index (Phi) is 7.41. The number of hydrogen-bond donors (Lipinski definition) is 1. The summed E-state index contributed by atoms with van der Waals surface area (Å²) in [6, 6.07) is 6.60. The zero-order chi connectivity index (χ0) is 23.3. The lowest BCUT2D eigenvalue weighted by Gasteiger charge is -2.26. The second kappa shape index (κ2) is 10.0. The van der Waals surface area contributed by atoms with Crippen molar-refractivity contribution < 1.29 is 36.3 Å². The summed E-state index contributed by atoms with van der Waals surface area (Å²) < 4.78 is 63.6. The van der Waals surface area contributed by atoms with E-state index in [-0.39, 0.29) is 21.9 Å². The van der Waals surface area contributed by atoms with Gasteiger partial charge in [0.05, 0.1) is 12.7 Å². The van der Waals surface area contributed by atoms with Crippen molar-refractivity contribution in [1.29, 1.82) is 0 Å². The number of hydrogen-bond acceptors (Lipinski definition) is 6. The van der Waals surface area contributed by atoms with Crippen LogP contribution in [0, 0.1) is 11.6 Å². The molecule has 1 saturated heterocycles. The molecule has 1 N–H and O–H groups in total. The van der Waals surface area contributed by atoms with Crippen molar-refractivity contribution in [3.8, 4) is 5.75 Å². The molecule has 2 aromatic carbocycles. The molecule has 8 nitrogen and oxygen atoms in total. The molecule has 0 atom stereocenters. The number of rotatable bonds is 7. The van der Waals surface area contributed by atoms with E-state index in [1.165, 1.54) is 29.6 Å². The van der Waals surface area contributed by atoms with Crippen LogP contribution in [0.2, 0.25) is 0 Å². The summed E-state index contributed by atoms with van der Waals surface area (Å²) in [4.78, 5) is 24.0. The van der Waals surface area contributed by atoms with Gasteiger partial charge < -0.3 is 14.8 Å². The molecule has 1 aliphatic heterocycles. The second-order valence-corrected chi connectivity index (χ2v) is 8.99. The predicted molar refractivity (Wildman–Crippen MR) is 111 cm³/mol. The molecule has 0 saturated carbocycles. The standard InChI is InChI=1S/C21H22F2N2O6S/c1-30-18-8-6-15(12-19(18)32(28,29)25-9-3-2-4-10-25)24-20(26)13-31-21(27)14-5-7-16(22)17(23)11-14/h5-8,11-12H,2-4,9-10,13H2,1H3,(H,24,26). The topological polar surface area (TPSA) is 102 Å². The number of anilines is 1. The van der Waals surface area contributed by atoms with Crippen molar-refractivity contribution in [2.75, 3.05) is 32.1 Å². The Morgan fingerprint density at radius 1 is 1.03 bits per heavy atom. The molecule has 0 unspecified atom stereocenters. The van der Waals surface area contributed by atoms with Crippen molar-refractivity contribution in [3.05, 3.63) is 53.6 Å². The Bertz CT molecular complexity index is 1120. The lowest BCUT2D eigenvalue weighted by atomic mass is 10.2. The minimum Gasteiger partial charge on any atom is -0.495 e. The average Bonchev–Trinajstić information content (AvgIpc) is 2.79. The molecule has 0 spiro atoms. The van der Waals surface area contributed by atoms with E-state index in [2.05, 4.69) is 5.32 Å². The fraction of sp³-hybridized carbons (Fsp3) is 0.333. The van der Waals surface area contributed by atoms with Crippen LogP contribution in [-0.2, 0) is 19.6 Å². The van der Waals surface area contributed by atoms with Crippen LogP contribution in [0.3, 0.4) is 0 Å². The fourth-order valence-electron chi connectivity index (χ4n) is 3.23. The van der Waals surface area contributed by atoms with E-state index < -0.39 is 40.1 Å². The van der Waals surface area contributed by atoms with Gasteiger partial charge in [0, 0.05) is 18.8 Å². The Morgan fingerprint density at radius 3 is 2.41 bits per heavy atom. The van der Waals surface area contributed by atoms with Gasteiger partial charge in [0.25, 0.3) is 5.91 Å². The maximum absolute atomic E-state index is 13.2. The number of nitrogens with zero attached hydrogens (tertiary/aromatic N) is 1. The first-order valence-corrected chi connectivity index (χ1v) is 11.3. The van der Waals surface area contributed by atoms with E-state index in [0.717, 1.165) is 31.4 Å². The Balaban J connectivity index is 1.69. The number of halogens is 2. The van der Waals surface area contributed by atoms with E-state index in [1.54, 1.807) is 0 Å². The van der Waals surface area contributed by atoms with Crippen molar-refractivity contribution in [2.45, 2.75) is 24.2 Å². The lowest BCUT2D eigenvalue weighted by molar-refractivity contribution is -0.119. The van der Waals surface area contributed by atoms with Crippen LogP contribution >= 0.6 is 0 Å². The highest BCUT2D eigenvalue weighted by atomic mass is 32.2. The normalized spacial score (nSPS) is 14.6. The molecule has 32 heavy (non-hydrogen) atoms. The van der Waals surface area contributed by atoms with Crippen molar-refractivity contribution >= 4 is 27.6 Å². The predicted octanol–water partition coefficient (Wildman–Crippen LogP) is 2.94. The molecule has 0 bridgehead atoms. The number of amides is 1. The van der Waals surface area contributed by atoms with Crippen LogP contribution in [0.4, 0.5) is 14.5 Å². The van der Waals surface area contributed by atoms with Crippen LogP contribution in [0.1, 0.15) is 29.6 Å². The van der Waals surface area contributed by atoms with Gasteiger partial charge in [-0.15, -0.1) is 0 Å². The summed E-state index contributed by atoms with van der Waals surface area (Å²) in [5.74, 6) is -3.95. The molecule has 3 rings (SSSR count). The smallest absolute Gasteiger partial charge is 0.338 e. The van der Waals surface area contributed by atoms with E-state index in [4.69, 9.17) is 9.47 Å². The molecular weight excluding hydrogens is 446 g/mol. The number of carbonyl (C=O) groups excluding carboxylic acids is 2. The largest absolute Gasteiger partial charge is 0.495 e. The highest BCUT2D eigenvalue weighted by molar-refractivity contribution is 7.89. The minimum atomic E-state index is -3.83. The zero-order valence-corrected chi connectivity index (χ0v) is 18.1. The molecule has 11 heteroatoms. The number of carbonyl (C=O) groups is 2. The lowest BCUT2D eigenvalue weighted by Crippen LogP contribution is -2.35. The van der Waals surface area contributed by atoms with Crippen LogP contribution < -0.4 is 10.1 Å². The van der Waals surface area contributed by atoms with Crippen molar-refractivity contribution in [3.63, 3.8) is 0 Å². The fourth-order valence-corrected chi connectivity index (χ4v) is 4.93. The molecule has 0 aliphatic carbocycles. The molecule has 1 aliphatic rings. The number of ether oxygens (including phenoxy) is 2. The van der Waals surface area contributed by atoms with Gasteiger partial charge in [-0.3, -0.25) is 4.79 Å². The van der Waals surface area contributed by atoms with Crippen LogP contribution in [0.5, 0.6) is 5.75 Å². The van der Waals surface area contributed by atoms with E-state index in [0.29, 0.717) is 19.2 Å². The first kappa shape index (κ1) is 23.6. The van der Waals surface area contributed by atoms with Crippen LogP contribution in [0.25, 0.3) is 0 Å². The first-order chi connectivity index (χ1) is 15.2. The monoisotopic (exact) mass is 468 g/mol. The van der Waals surface area contributed by atoms with Gasteiger partial charge in [0.2, 0.25) is 10.0 Å². The van der Waals surface area contributed by atoms with Gasteiger partial charge >= 0.3 is 5.97 Å². The summed E-state index contributed by atoms with van der Waals surface area (Å²) in [6.45, 7) is 0.0993. The minimum absolute atomic E-state index is 0.0847. The number of methoxy groups -OCH3 is 1. The van der Waals surface area contributed by atoms with Gasteiger partial charge in [-0.1, -0.05) is 6.42 Å². The van der Waals surface area contributed by atoms with E-state index in [1.807, 2.05) is 0 Å². The Labute approximate surface area is 184 Å². The molecule has 1 amide bonds. The quantitative estimate of drug-likeness (QED) is 0.627. The maximum atomic E-state index is 13.2. The molecule has 2 aromatic rings. The SMILES string of the molecule is COc1ccc(NC(=O)COC(=O)c2ccc(F)c(F)c2)cc1S(=O)(=O)N1CCCCC1. The highest BCUT2D eigenvalue weighted by Gasteiger charge is 2.29. The molecule has 1 fully saturated rings. The summed E-state index contributed by atoms with van der Waals surface area (Å²) in [5, 5.41) is 2.45. The maximum Gasteiger partial charge on any atom is 0.338 e. The summed E-state index contributed by atoms with van der Waals surface area (Å²) in [5.41, 5.74) is -0.0914. The van der Waals surface area contributed by atoms with Crippen molar-refractivity contribution in [2.24, 2.45) is 0 Å². The molecule has 0 aromatic heterocycles. The number of nitrogens with one attached hydrogen (secondary N) is 1. The molecule has 0 radical (unpaired) electrons. The third kappa shape index (κ3) is 5.40. The number of sulfonamides is 1. The van der Waals surface area contributed by atoms with Gasteiger partial charge in [-0.25, -0.2) is 22.0 Å². The third-order valence-corrected chi connectivity index (χ3v) is 6.79. The van der Waals surface area contributed by atoms with Crippen molar-refractivity contribution in [1.82, 2.24) is 4.31 Å². The average molecular weight is 468 g/mol. The van der Waals surface area contributed by atoms with Gasteiger partial charge in [-0.2, -0.15) is 4.31 Å². The Hall–Kier alpha value is -3.05. The van der Waals surface area contributed by atoms with Gasteiger partial charge in [0.1, 0.15) is 10.6 Å². The van der Waals surface area contributed by atoms with Gasteiger partial charge in [-0.05, 0) is 49.2 Å². The molecule has 172 valence electrons. The number of piperidine rings is 1. The van der Waals surface area contributed by atoms with Crippen LogP contribution in [0.15, 0.2) is 41.3 Å². The zero-order valence-electron chi connectivity index (χ0n) is 17.3. The molecular formula is C21H22F2N2O6S. The third-order valence-electron chi connectivity index (χ3n) is 4.87. The Morgan fingerprint density at radius 2 is 1.75 bits per heavy atom. The second-order valence-electron chi connectivity index (χ2n) is 7.08. The molecule has 1 heterocycles. The summed E-state index contributed by atoms with van der Waals surface area (Å²) in [6.07, 6.45) is 2.49. The van der Waals surface area contributed by atoms with Crippen LogP contribution in [-0.4, -0.2) is 51.4 Å². The number of esters is 1. The van der Waals surface area contributed by atoms with Gasteiger partial charge in [0.15, 0.2) is 18.2 Å². The van der Waals surface area contributed by atoms with E-state index in [9.17, 15) is 26.8 Å². The first-order valence-electron chi connectivity index (χ1n) is 9.82. The summed E-state index contributed by atoms with van der Waals surface area (Å²) >= 11 is 0. The number of benzene rings is 2. The van der Waals surface area contributed by atoms with E-state index >= 15 is 0 Å².